The van der Waals surface area contributed by atoms with E-state index in [0.717, 1.165) is 29.9 Å². The summed E-state index contributed by atoms with van der Waals surface area (Å²) in [6.07, 6.45) is 1.59. The van der Waals surface area contributed by atoms with Crippen molar-refractivity contribution in [1.82, 2.24) is 4.90 Å². The monoisotopic (exact) mass is 429 g/mol. The number of hydrogen-bond acceptors (Lipinski definition) is 4. The van der Waals surface area contributed by atoms with Crippen molar-refractivity contribution in [2.24, 2.45) is 0 Å². The minimum absolute atomic E-state index is 0.130. The highest BCUT2D eigenvalue weighted by atomic mass is 32.2. The number of anilines is 2. The molecule has 0 saturated carbocycles. The molecule has 0 aromatic heterocycles. The summed E-state index contributed by atoms with van der Waals surface area (Å²) >= 11 is 0. The van der Waals surface area contributed by atoms with Crippen LogP contribution in [0.5, 0.6) is 0 Å². The molecule has 1 fully saturated rings. The zero-order valence-corrected chi connectivity index (χ0v) is 19.0. The van der Waals surface area contributed by atoms with E-state index in [2.05, 4.69) is 17.0 Å². The standard InChI is InChI=1S/C23H31N3O3S/c1-5-22(26(30(4,28)29)21-16-18(2)15-19(3)17-21)23(27)25-13-11-24(12-14-25)20-9-7-6-8-10-20/h6-10,15-17,22H,5,11-14H2,1-4H3/t22-/m1/s1. The van der Waals surface area contributed by atoms with Gasteiger partial charge in [-0.05, 0) is 55.7 Å². The molecule has 0 aliphatic carbocycles. The summed E-state index contributed by atoms with van der Waals surface area (Å²) in [6, 6.07) is 15.0. The van der Waals surface area contributed by atoms with Crippen LogP contribution in [0.3, 0.4) is 0 Å². The predicted octanol–water partition coefficient (Wildman–Crippen LogP) is 3.20. The van der Waals surface area contributed by atoms with Gasteiger partial charge in [0.05, 0.1) is 11.9 Å². The van der Waals surface area contributed by atoms with E-state index >= 15 is 0 Å². The van der Waals surface area contributed by atoms with E-state index in [1.54, 1.807) is 4.90 Å². The average molecular weight is 430 g/mol. The number of carbonyl (C=O) groups is 1. The molecule has 30 heavy (non-hydrogen) atoms. The lowest BCUT2D eigenvalue weighted by Gasteiger charge is -2.39. The molecule has 1 heterocycles. The van der Waals surface area contributed by atoms with Gasteiger partial charge in [0.25, 0.3) is 0 Å². The van der Waals surface area contributed by atoms with Crippen LogP contribution in [-0.4, -0.2) is 57.7 Å². The van der Waals surface area contributed by atoms with Crippen LogP contribution < -0.4 is 9.21 Å². The third-order valence-electron chi connectivity index (χ3n) is 5.49. The fourth-order valence-corrected chi connectivity index (χ4v) is 5.35. The Morgan fingerprint density at radius 3 is 2.07 bits per heavy atom. The lowest BCUT2D eigenvalue weighted by Crippen LogP contribution is -2.56. The largest absolute Gasteiger partial charge is 0.368 e. The molecule has 6 nitrogen and oxygen atoms in total. The van der Waals surface area contributed by atoms with Gasteiger partial charge in [-0.3, -0.25) is 9.10 Å². The second-order valence-electron chi connectivity index (χ2n) is 7.98. The molecular formula is C23H31N3O3S. The SMILES string of the molecule is CC[C@H](C(=O)N1CCN(c2ccccc2)CC1)N(c1cc(C)cc(C)c1)S(C)(=O)=O. The molecule has 0 bridgehead atoms. The maximum Gasteiger partial charge on any atom is 0.246 e. The van der Waals surface area contributed by atoms with E-state index in [-0.39, 0.29) is 5.91 Å². The number of rotatable bonds is 6. The van der Waals surface area contributed by atoms with Crippen LogP contribution in [0.2, 0.25) is 0 Å². The van der Waals surface area contributed by atoms with E-state index in [1.165, 1.54) is 10.6 Å². The van der Waals surface area contributed by atoms with Gasteiger partial charge in [-0.2, -0.15) is 0 Å². The van der Waals surface area contributed by atoms with E-state index in [1.807, 2.05) is 57.2 Å². The van der Waals surface area contributed by atoms with E-state index in [4.69, 9.17) is 0 Å². The zero-order chi connectivity index (χ0) is 21.9. The summed E-state index contributed by atoms with van der Waals surface area (Å²) < 4.78 is 26.8. The molecule has 0 N–H and O–H groups in total. The summed E-state index contributed by atoms with van der Waals surface area (Å²) in [4.78, 5) is 17.5. The first kappa shape index (κ1) is 22.2. The smallest absolute Gasteiger partial charge is 0.246 e. The normalized spacial score (nSPS) is 15.7. The molecule has 1 atom stereocenters. The third kappa shape index (κ3) is 4.95. The van der Waals surface area contributed by atoms with Crippen LogP contribution in [0.1, 0.15) is 24.5 Å². The van der Waals surface area contributed by atoms with Crippen LogP contribution in [0.25, 0.3) is 0 Å². The number of carbonyl (C=O) groups excluding carboxylic acids is 1. The summed E-state index contributed by atoms with van der Waals surface area (Å²) in [5.41, 5.74) is 3.64. The topological polar surface area (TPSA) is 60.9 Å². The van der Waals surface area contributed by atoms with Gasteiger partial charge >= 0.3 is 0 Å². The Kier molecular flexibility index (Phi) is 6.71. The summed E-state index contributed by atoms with van der Waals surface area (Å²) in [7, 11) is -3.62. The van der Waals surface area contributed by atoms with Gasteiger partial charge in [-0.15, -0.1) is 0 Å². The Morgan fingerprint density at radius 2 is 1.57 bits per heavy atom. The maximum absolute atomic E-state index is 13.4. The molecule has 3 rings (SSSR count). The van der Waals surface area contributed by atoms with Crippen molar-refractivity contribution in [2.45, 2.75) is 33.2 Å². The number of sulfonamides is 1. The van der Waals surface area contributed by atoms with E-state index < -0.39 is 16.1 Å². The van der Waals surface area contributed by atoms with Crippen molar-refractivity contribution in [3.05, 3.63) is 59.7 Å². The number of amides is 1. The first-order chi connectivity index (χ1) is 14.2. The minimum Gasteiger partial charge on any atom is -0.368 e. The molecular weight excluding hydrogens is 398 g/mol. The molecule has 1 saturated heterocycles. The average Bonchev–Trinajstić information content (AvgIpc) is 2.70. The van der Waals surface area contributed by atoms with Gasteiger partial charge in [0.15, 0.2) is 0 Å². The molecule has 0 radical (unpaired) electrons. The highest BCUT2D eigenvalue weighted by Crippen LogP contribution is 2.26. The summed E-state index contributed by atoms with van der Waals surface area (Å²) in [5.74, 6) is -0.130. The Balaban J connectivity index is 1.81. The second kappa shape index (κ2) is 9.08. The molecule has 0 unspecified atom stereocenters. The van der Waals surface area contributed by atoms with Gasteiger partial charge in [0.2, 0.25) is 15.9 Å². The van der Waals surface area contributed by atoms with Crippen molar-refractivity contribution >= 4 is 27.3 Å². The molecule has 0 spiro atoms. The van der Waals surface area contributed by atoms with Crippen LogP contribution in [0.15, 0.2) is 48.5 Å². The quantitative estimate of drug-likeness (QED) is 0.708. The van der Waals surface area contributed by atoms with E-state index in [9.17, 15) is 13.2 Å². The van der Waals surface area contributed by atoms with Crippen LogP contribution in [0.4, 0.5) is 11.4 Å². The molecule has 1 aliphatic rings. The van der Waals surface area contributed by atoms with Crippen molar-refractivity contribution in [3.63, 3.8) is 0 Å². The Hall–Kier alpha value is -2.54. The Bertz CT molecular complexity index is 964. The first-order valence-electron chi connectivity index (χ1n) is 10.4. The van der Waals surface area contributed by atoms with Gasteiger partial charge in [0.1, 0.15) is 6.04 Å². The molecule has 1 aliphatic heterocycles. The minimum atomic E-state index is -3.62. The van der Waals surface area contributed by atoms with Crippen molar-refractivity contribution in [2.75, 3.05) is 41.6 Å². The van der Waals surface area contributed by atoms with Gasteiger partial charge in [0, 0.05) is 31.9 Å². The second-order valence-corrected chi connectivity index (χ2v) is 9.84. The highest BCUT2D eigenvalue weighted by molar-refractivity contribution is 7.92. The Labute approximate surface area is 180 Å². The summed E-state index contributed by atoms with van der Waals surface area (Å²) in [6.45, 7) is 8.35. The van der Waals surface area contributed by atoms with Crippen molar-refractivity contribution in [3.8, 4) is 0 Å². The lowest BCUT2D eigenvalue weighted by atomic mass is 10.1. The predicted molar refractivity (Wildman–Crippen MR) is 123 cm³/mol. The fourth-order valence-electron chi connectivity index (χ4n) is 4.16. The van der Waals surface area contributed by atoms with Crippen molar-refractivity contribution < 1.29 is 13.2 Å². The highest BCUT2D eigenvalue weighted by Gasteiger charge is 2.35. The first-order valence-corrected chi connectivity index (χ1v) is 12.2. The number of aryl methyl sites for hydroxylation is 2. The van der Waals surface area contributed by atoms with Gasteiger partial charge < -0.3 is 9.80 Å². The van der Waals surface area contributed by atoms with Crippen LogP contribution >= 0.6 is 0 Å². The fraction of sp³-hybridized carbons (Fsp3) is 0.435. The molecule has 2 aromatic rings. The molecule has 162 valence electrons. The summed E-state index contributed by atoms with van der Waals surface area (Å²) in [5, 5.41) is 0. The van der Waals surface area contributed by atoms with Crippen LogP contribution in [0, 0.1) is 13.8 Å². The van der Waals surface area contributed by atoms with Gasteiger partial charge in [-0.1, -0.05) is 31.2 Å². The Morgan fingerprint density at radius 1 is 1.00 bits per heavy atom. The zero-order valence-electron chi connectivity index (χ0n) is 18.2. The number of nitrogens with zero attached hydrogens (tertiary/aromatic N) is 3. The molecule has 1 amide bonds. The van der Waals surface area contributed by atoms with Crippen molar-refractivity contribution in [1.29, 1.82) is 0 Å². The molecule has 7 heteroatoms. The maximum atomic E-state index is 13.4. The number of hydrogen-bond donors (Lipinski definition) is 0. The van der Waals surface area contributed by atoms with E-state index in [0.29, 0.717) is 25.2 Å². The third-order valence-corrected chi connectivity index (χ3v) is 6.67. The lowest BCUT2D eigenvalue weighted by molar-refractivity contribution is -0.132. The number of benzene rings is 2. The molecule has 2 aromatic carbocycles. The number of piperazine rings is 1. The van der Waals surface area contributed by atoms with Crippen LogP contribution in [-0.2, 0) is 14.8 Å². The van der Waals surface area contributed by atoms with Gasteiger partial charge in [-0.25, -0.2) is 8.42 Å². The number of para-hydroxylation sites is 1.